The van der Waals surface area contributed by atoms with E-state index in [0.717, 1.165) is 5.56 Å². The second-order valence-electron chi connectivity index (χ2n) is 3.48. The summed E-state index contributed by atoms with van der Waals surface area (Å²) in [6.45, 7) is 1.94. The molecular formula is C11H17ClN2O2. The van der Waals surface area contributed by atoms with Crippen molar-refractivity contribution in [3.8, 4) is 5.75 Å². The van der Waals surface area contributed by atoms with Gasteiger partial charge in [-0.2, -0.15) is 0 Å². The average Bonchev–Trinajstić information content (AvgIpc) is 2.31. The Kier molecular flexibility index (Phi) is 5.02. The first-order valence-corrected chi connectivity index (χ1v) is 5.34. The van der Waals surface area contributed by atoms with Crippen LogP contribution in [0.2, 0.25) is 5.02 Å². The fraction of sp³-hybridized carbons (Fsp3) is 0.455. The standard InChI is InChI=1S/C11H17ClN2O2/c1-7(15-2)11(14-13)8-4-5-9(12)10(6-8)16-3/h4-7,11,14H,13H2,1-3H3. The summed E-state index contributed by atoms with van der Waals surface area (Å²) in [4.78, 5) is 0. The highest BCUT2D eigenvalue weighted by Crippen LogP contribution is 2.29. The first kappa shape index (κ1) is 13.3. The number of methoxy groups -OCH3 is 2. The molecule has 1 rings (SSSR count). The highest BCUT2D eigenvalue weighted by Gasteiger charge is 2.18. The smallest absolute Gasteiger partial charge is 0.137 e. The van der Waals surface area contributed by atoms with E-state index in [2.05, 4.69) is 5.43 Å². The van der Waals surface area contributed by atoms with Crippen molar-refractivity contribution in [3.63, 3.8) is 0 Å². The number of hydrogen-bond donors (Lipinski definition) is 2. The second kappa shape index (κ2) is 6.06. The Bertz CT molecular complexity index is 347. The van der Waals surface area contributed by atoms with Crippen LogP contribution < -0.4 is 16.0 Å². The van der Waals surface area contributed by atoms with Crippen LogP contribution in [0.25, 0.3) is 0 Å². The predicted octanol–water partition coefficient (Wildman–Crippen LogP) is 1.89. The Hall–Kier alpha value is -0.810. The molecule has 0 saturated heterocycles. The monoisotopic (exact) mass is 244 g/mol. The Morgan fingerprint density at radius 3 is 2.56 bits per heavy atom. The zero-order chi connectivity index (χ0) is 12.1. The third kappa shape index (κ3) is 2.86. The molecule has 0 saturated carbocycles. The molecule has 5 heteroatoms. The van der Waals surface area contributed by atoms with E-state index in [-0.39, 0.29) is 12.1 Å². The van der Waals surface area contributed by atoms with Crippen LogP contribution in [0.4, 0.5) is 0 Å². The maximum Gasteiger partial charge on any atom is 0.137 e. The van der Waals surface area contributed by atoms with Crippen molar-refractivity contribution in [2.24, 2.45) is 5.84 Å². The van der Waals surface area contributed by atoms with Crippen molar-refractivity contribution >= 4 is 11.6 Å². The van der Waals surface area contributed by atoms with Gasteiger partial charge in [0.05, 0.1) is 24.3 Å². The lowest BCUT2D eigenvalue weighted by atomic mass is 10.0. The number of hydrazine groups is 1. The highest BCUT2D eigenvalue weighted by atomic mass is 35.5. The average molecular weight is 245 g/mol. The topological polar surface area (TPSA) is 56.5 Å². The molecule has 0 amide bonds. The number of rotatable bonds is 5. The fourth-order valence-electron chi connectivity index (χ4n) is 1.51. The summed E-state index contributed by atoms with van der Waals surface area (Å²) in [5.41, 5.74) is 3.69. The summed E-state index contributed by atoms with van der Waals surface area (Å²) in [5.74, 6) is 6.13. The van der Waals surface area contributed by atoms with E-state index in [9.17, 15) is 0 Å². The van der Waals surface area contributed by atoms with Crippen molar-refractivity contribution in [1.29, 1.82) is 0 Å². The molecule has 0 radical (unpaired) electrons. The van der Waals surface area contributed by atoms with Crippen LogP contribution in [0.15, 0.2) is 18.2 Å². The molecule has 2 unspecified atom stereocenters. The molecule has 2 atom stereocenters. The van der Waals surface area contributed by atoms with Crippen molar-refractivity contribution < 1.29 is 9.47 Å². The fourth-order valence-corrected chi connectivity index (χ4v) is 1.70. The molecule has 1 aromatic carbocycles. The number of halogens is 1. The number of ether oxygens (including phenoxy) is 2. The molecule has 4 nitrogen and oxygen atoms in total. The molecule has 0 aliphatic carbocycles. The van der Waals surface area contributed by atoms with E-state index in [1.807, 2.05) is 19.1 Å². The lowest BCUT2D eigenvalue weighted by molar-refractivity contribution is 0.0830. The lowest BCUT2D eigenvalue weighted by Gasteiger charge is -2.22. The summed E-state index contributed by atoms with van der Waals surface area (Å²) in [7, 11) is 3.22. The number of nitrogens with two attached hydrogens (primary N) is 1. The van der Waals surface area contributed by atoms with Gasteiger partial charge >= 0.3 is 0 Å². The molecule has 0 spiro atoms. The van der Waals surface area contributed by atoms with Crippen molar-refractivity contribution in [2.75, 3.05) is 14.2 Å². The second-order valence-corrected chi connectivity index (χ2v) is 3.89. The maximum absolute atomic E-state index is 5.95. The summed E-state index contributed by atoms with van der Waals surface area (Å²) in [5, 5.41) is 0.576. The van der Waals surface area contributed by atoms with Crippen LogP contribution in [-0.4, -0.2) is 20.3 Å². The van der Waals surface area contributed by atoms with Gasteiger partial charge in [-0.25, -0.2) is 0 Å². The van der Waals surface area contributed by atoms with E-state index < -0.39 is 0 Å². The number of nitrogens with one attached hydrogen (secondary N) is 1. The van der Waals surface area contributed by atoms with Gasteiger partial charge in [-0.3, -0.25) is 11.3 Å². The van der Waals surface area contributed by atoms with E-state index in [4.69, 9.17) is 26.9 Å². The van der Waals surface area contributed by atoms with Gasteiger partial charge in [0.1, 0.15) is 5.75 Å². The molecule has 1 aromatic rings. The lowest BCUT2D eigenvalue weighted by Crippen LogP contribution is -2.36. The molecule has 0 aliphatic rings. The van der Waals surface area contributed by atoms with Crippen LogP contribution in [0, 0.1) is 0 Å². The van der Waals surface area contributed by atoms with Crippen LogP contribution in [0.5, 0.6) is 5.75 Å². The Morgan fingerprint density at radius 1 is 1.38 bits per heavy atom. The third-order valence-electron chi connectivity index (χ3n) is 2.56. The molecule has 90 valence electrons. The minimum Gasteiger partial charge on any atom is -0.495 e. The molecular weight excluding hydrogens is 228 g/mol. The van der Waals surface area contributed by atoms with Gasteiger partial charge in [0.25, 0.3) is 0 Å². The minimum atomic E-state index is -0.101. The van der Waals surface area contributed by atoms with Gasteiger partial charge in [-0.1, -0.05) is 17.7 Å². The quantitative estimate of drug-likeness (QED) is 0.614. The van der Waals surface area contributed by atoms with Gasteiger partial charge in [0, 0.05) is 7.11 Å². The maximum atomic E-state index is 5.95. The molecule has 0 bridgehead atoms. The zero-order valence-corrected chi connectivity index (χ0v) is 10.4. The van der Waals surface area contributed by atoms with E-state index >= 15 is 0 Å². The summed E-state index contributed by atoms with van der Waals surface area (Å²) < 4.78 is 10.4. The number of hydrogen-bond acceptors (Lipinski definition) is 4. The summed E-state index contributed by atoms with van der Waals surface area (Å²) in [6.07, 6.45) is -0.0455. The van der Waals surface area contributed by atoms with Gasteiger partial charge in [-0.15, -0.1) is 0 Å². The molecule has 0 aromatic heterocycles. The van der Waals surface area contributed by atoms with Gasteiger partial charge in [-0.05, 0) is 24.6 Å². The van der Waals surface area contributed by atoms with Crippen molar-refractivity contribution in [2.45, 2.75) is 19.1 Å². The van der Waals surface area contributed by atoms with Crippen molar-refractivity contribution in [3.05, 3.63) is 28.8 Å². The molecule has 0 heterocycles. The van der Waals surface area contributed by atoms with Crippen molar-refractivity contribution in [1.82, 2.24) is 5.43 Å². The zero-order valence-electron chi connectivity index (χ0n) is 9.66. The molecule has 0 aliphatic heterocycles. The van der Waals surface area contributed by atoms with Crippen LogP contribution in [0.1, 0.15) is 18.5 Å². The normalized spacial score (nSPS) is 14.6. The Morgan fingerprint density at radius 2 is 2.06 bits per heavy atom. The first-order valence-electron chi connectivity index (χ1n) is 4.96. The minimum absolute atomic E-state index is 0.0455. The molecule has 0 fully saturated rings. The third-order valence-corrected chi connectivity index (χ3v) is 2.87. The Balaban J connectivity index is 3.01. The molecule has 16 heavy (non-hydrogen) atoms. The van der Waals surface area contributed by atoms with Crippen LogP contribution in [0.3, 0.4) is 0 Å². The van der Waals surface area contributed by atoms with Gasteiger partial charge in [0.15, 0.2) is 0 Å². The first-order chi connectivity index (χ1) is 7.63. The van der Waals surface area contributed by atoms with Crippen LogP contribution >= 0.6 is 11.6 Å². The molecule has 3 N–H and O–H groups in total. The van der Waals surface area contributed by atoms with E-state index in [0.29, 0.717) is 10.8 Å². The van der Waals surface area contributed by atoms with Gasteiger partial charge < -0.3 is 9.47 Å². The highest BCUT2D eigenvalue weighted by molar-refractivity contribution is 6.32. The SMILES string of the molecule is COc1cc(C(NN)C(C)OC)ccc1Cl. The summed E-state index contributed by atoms with van der Waals surface area (Å²) >= 11 is 5.95. The largest absolute Gasteiger partial charge is 0.495 e. The van der Waals surface area contributed by atoms with E-state index in [1.165, 1.54) is 0 Å². The summed E-state index contributed by atoms with van der Waals surface area (Å²) in [6, 6.07) is 5.42. The van der Waals surface area contributed by atoms with Gasteiger partial charge in [0.2, 0.25) is 0 Å². The number of benzene rings is 1. The Labute approximate surface area is 101 Å². The van der Waals surface area contributed by atoms with Crippen LogP contribution in [-0.2, 0) is 4.74 Å². The van der Waals surface area contributed by atoms with E-state index in [1.54, 1.807) is 20.3 Å². The predicted molar refractivity (Wildman–Crippen MR) is 64.5 cm³/mol.